The Kier molecular flexibility index (Phi) is 6.63. The highest BCUT2D eigenvalue weighted by molar-refractivity contribution is 9.10. The van der Waals surface area contributed by atoms with E-state index in [1.807, 2.05) is 0 Å². The summed E-state index contributed by atoms with van der Waals surface area (Å²) < 4.78 is 39.1. The van der Waals surface area contributed by atoms with Crippen LogP contribution in [-0.4, -0.2) is 28.5 Å². The van der Waals surface area contributed by atoms with E-state index in [0.717, 1.165) is 4.47 Å². The highest BCUT2D eigenvalue weighted by Gasteiger charge is 2.19. The van der Waals surface area contributed by atoms with Gasteiger partial charge in [-0.05, 0) is 48.5 Å². The van der Waals surface area contributed by atoms with Crippen LogP contribution in [0.3, 0.4) is 0 Å². The smallest absolute Gasteiger partial charge is 0.261 e. The molecular weight excluding hydrogens is 472 g/mol. The number of ether oxygens (including phenoxy) is 2. The van der Waals surface area contributed by atoms with Crippen molar-refractivity contribution in [1.29, 1.82) is 0 Å². The van der Waals surface area contributed by atoms with Crippen molar-refractivity contribution in [3.8, 4) is 11.5 Å². The molecule has 9 heteroatoms. The molecule has 0 aliphatic heterocycles. The van der Waals surface area contributed by atoms with Crippen molar-refractivity contribution >= 4 is 43.2 Å². The summed E-state index contributed by atoms with van der Waals surface area (Å²) in [4.78, 5) is 13.0. The van der Waals surface area contributed by atoms with Gasteiger partial charge in [-0.1, -0.05) is 28.1 Å². The number of amides is 1. The zero-order valence-electron chi connectivity index (χ0n) is 16.2. The summed E-state index contributed by atoms with van der Waals surface area (Å²) in [6.45, 7) is 0. The van der Waals surface area contributed by atoms with Gasteiger partial charge >= 0.3 is 0 Å². The van der Waals surface area contributed by atoms with E-state index in [9.17, 15) is 13.2 Å². The SMILES string of the molecule is COc1ccc(NC(=O)c2ccccc2NS(=O)(=O)c2ccc(Br)cc2)c(OC)c1. The van der Waals surface area contributed by atoms with Gasteiger partial charge in [0.15, 0.2) is 0 Å². The number of rotatable bonds is 7. The lowest BCUT2D eigenvalue weighted by atomic mass is 10.1. The third-order valence-corrected chi connectivity index (χ3v) is 6.11. The van der Waals surface area contributed by atoms with Crippen molar-refractivity contribution in [3.05, 3.63) is 76.8 Å². The maximum Gasteiger partial charge on any atom is 0.261 e. The quantitative estimate of drug-likeness (QED) is 0.507. The van der Waals surface area contributed by atoms with E-state index in [1.54, 1.807) is 42.5 Å². The van der Waals surface area contributed by atoms with Crippen LogP contribution in [0.15, 0.2) is 76.1 Å². The van der Waals surface area contributed by atoms with Gasteiger partial charge in [-0.15, -0.1) is 0 Å². The van der Waals surface area contributed by atoms with Crippen LogP contribution in [0, 0.1) is 0 Å². The average Bonchev–Trinajstić information content (AvgIpc) is 2.74. The number of hydrogen-bond acceptors (Lipinski definition) is 5. The number of hydrogen-bond donors (Lipinski definition) is 2. The van der Waals surface area contributed by atoms with Crippen LogP contribution in [0.1, 0.15) is 10.4 Å². The average molecular weight is 491 g/mol. The van der Waals surface area contributed by atoms with Gasteiger partial charge in [0, 0.05) is 10.5 Å². The fourth-order valence-corrected chi connectivity index (χ4v) is 4.02. The Hall–Kier alpha value is -3.04. The topological polar surface area (TPSA) is 93.7 Å². The lowest BCUT2D eigenvalue weighted by Gasteiger charge is -2.15. The number of halogens is 1. The summed E-state index contributed by atoms with van der Waals surface area (Å²) in [5.41, 5.74) is 0.746. The van der Waals surface area contributed by atoms with Gasteiger partial charge in [-0.2, -0.15) is 0 Å². The minimum atomic E-state index is -3.87. The van der Waals surface area contributed by atoms with E-state index >= 15 is 0 Å². The highest BCUT2D eigenvalue weighted by Crippen LogP contribution is 2.30. The van der Waals surface area contributed by atoms with Crippen molar-refractivity contribution in [3.63, 3.8) is 0 Å². The first kappa shape index (κ1) is 21.7. The molecule has 0 bridgehead atoms. The second-order valence-corrected chi connectivity index (χ2v) is 8.72. The molecule has 3 aromatic rings. The number of benzene rings is 3. The van der Waals surface area contributed by atoms with Crippen LogP contribution < -0.4 is 19.5 Å². The van der Waals surface area contributed by atoms with Crippen molar-refractivity contribution in [2.45, 2.75) is 4.90 Å². The van der Waals surface area contributed by atoms with Crippen molar-refractivity contribution in [2.24, 2.45) is 0 Å². The summed E-state index contributed by atoms with van der Waals surface area (Å²) in [7, 11) is -0.867. The van der Waals surface area contributed by atoms with Gasteiger partial charge in [0.1, 0.15) is 11.5 Å². The Morgan fingerprint density at radius 1 is 0.900 bits per heavy atom. The summed E-state index contributed by atoms with van der Waals surface area (Å²) in [6, 6.07) is 17.5. The fraction of sp³-hybridized carbons (Fsp3) is 0.0952. The Balaban J connectivity index is 1.88. The second-order valence-electron chi connectivity index (χ2n) is 6.13. The van der Waals surface area contributed by atoms with Crippen molar-refractivity contribution < 1.29 is 22.7 Å². The normalized spacial score (nSPS) is 10.9. The van der Waals surface area contributed by atoms with E-state index in [1.165, 1.54) is 38.5 Å². The van der Waals surface area contributed by atoms with Crippen LogP contribution >= 0.6 is 15.9 Å². The van der Waals surface area contributed by atoms with Crippen molar-refractivity contribution in [1.82, 2.24) is 0 Å². The summed E-state index contributed by atoms with van der Waals surface area (Å²) in [6.07, 6.45) is 0. The molecular formula is C21H19BrN2O5S. The molecule has 0 aromatic heterocycles. The Morgan fingerprint density at radius 2 is 1.60 bits per heavy atom. The molecule has 0 unspecified atom stereocenters. The van der Waals surface area contributed by atoms with Crippen LogP contribution in [0.4, 0.5) is 11.4 Å². The van der Waals surface area contributed by atoms with Crippen LogP contribution in [0.2, 0.25) is 0 Å². The third kappa shape index (κ3) is 4.92. The number of carbonyl (C=O) groups is 1. The molecule has 1 amide bonds. The number of carbonyl (C=O) groups excluding carboxylic acids is 1. The molecule has 0 radical (unpaired) electrons. The first-order valence-corrected chi connectivity index (χ1v) is 11.0. The number of sulfonamides is 1. The molecule has 0 atom stereocenters. The molecule has 0 aliphatic rings. The van der Waals surface area contributed by atoms with E-state index in [2.05, 4.69) is 26.0 Å². The van der Waals surface area contributed by atoms with Crippen LogP contribution in [-0.2, 0) is 10.0 Å². The summed E-state index contributed by atoms with van der Waals surface area (Å²) in [5, 5.41) is 2.74. The summed E-state index contributed by atoms with van der Waals surface area (Å²) in [5.74, 6) is 0.496. The Morgan fingerprint density at radius 3 is 2.27 bits per heavy atom. The first-order valence-electron chi connectivity index (χ1n) is 8.75. The third-order valence-electron chi connectivity index (χ3n) is 4.20. The minimum absolute atomic E-state index is 0.0812. The highest BCUT2D eigenvalue weighted by atomic mass is 79.9. The molecule has 3 rings (SSSR count). The molecule has 30 heavy (non-hydrogen) atoms. The molecule has 0 spiro atoms. The number of para-hydroxylation sites is 1. The molecule has 7 nitrogen and oxygen atoms in total. The Labute approximate surface area is 183 Å². The molecule has 2 N–H and O–H groups in total. The van der Waals surface area contributed by atoms with E-state index in [4.69, 9.17) is 9.47 Å². The van der Waals surface area contributed by atoms with Gasteiger partial charge in [0.2, 0.25) is 0 Å². The maximum atomic E-state index is 12.9. The lowest BCUT2D eigenvalue weighted by Crippen LogP contribution is -2.18. The van der Waals surface area contributed by atoms with Crippen LogP contribution in [0.5, 0.6) is 11.5 Å². The fourth-order valence-electron chi connectivity index (χ4n) is 2.68. The zero-order chi connectivity index (χ0) is 21.7. The molecule has 3 aromatic carbocycles. The second kappa shape index (κ2) is 9.19. The maximum absolute atomic E-state index is 12.9. The van der Waals surface area contributed by atoms with Crippen LogP contribution in [0.25, 0.3) is 0 Å². The lowest BCUT2D eigenvalue weighted by molar-refractivity contribution is 0.102. The van der Waals surface area contributed by atoms with Gasteiger partial charge in [-0.3, -0.25) is 9.52 Å². The monoisotopic (exact) mass is 490 g/mol. The molecule has 0 heterocycles. The van der Waals surface area contributed by atoms with Crippen molar-refractivity contribution in [2.75, 3.05) is 24.3 Å². The zero-order valence-corrected chi connectivity index (χ0v) is 18.6. The number of anilines is 2. The Bertz CT molecular complexity index is 1160. The van der Waals surface area contributed by atoms with E-state index < -0.39 is 15.9 Å². The predicted molar refractivity (Wildman–Crippen MR) is 119 cm³/mol. The summed E-state index contributed by atoms with van der Waals surface area (Å²) >= 11 is 3.28. The van der Waals surface area contributed by atoms with Gasteiger partial charge in [0.05, 0.1) is 36.1 Å². The minimum Gasteiger partial charge on any atom is -0.497 e. The van der Waals surface area contributed by atoms with Gasteiger partial charge in [0.25, 0.3) is 15.9 Å². The van der Waals surface area contributed by atoms with Gasteiger partial charge in [-0.25, -0.2) is 8.42 Å². The van der Waals surface area contributed by atoms with E-state index in [-0.39, 0.29) is 16.1 Å². The first-order chi connectivity index (χ1) is 14.3. The largest absolute Gasteiger partial charge is 0.497 e. The number of methoxy groups -OCH3 is 2. The molecule has 156 valence electrons. The standard InChI is InChI=1S/C21H19BrN2O5S/c1-28-15-9-12-19(20(13-15)29-2)23-21(25)17-5-3-4-6-18(17)24-30(26,27)16-10-7-14(22)8-11-16/h3-13,24H,1-2H3,(H,23,25). The predicted octanol–water partition coefficient (Wildman–Crippen LogP) is 4.52. The number of nitrogens with one attached hydrogen (secondary N) is 2. The van der Waals surface area contributed by atoms with E-state index in [0.29, 0.717) is 17.2 Å². The molecule has 0 aliphatic carbocycles. The molecule has 0 saturated heterocycles. The molecule has 0 saturated carbocycles. The van der Waals surface area contributed by atoms with Gasteiger partial charge < -0.3 is 14.8 Å². The molecule has 0 fully saturated rings.